The van der Waals surface area contributed by atoms with Crippen molar-refractivity contribution in [3.05, 3.63) is 89.7 Å². The lowest BCUT2D eigenvalue weighted by Crippen LogP contribution is -2.50. The predicted molar refractivity (Wildman–Crippen MR) is 125 cm³/mol. The largest absolute Gasteiger partial charge is 0.366 e. The molecule has 1 aliphatic rings. The lowest BCUT2D eigenvalue weighted by molar-refractivity contribution is 0.0971. The Labute approximate surface area is 189 Å². The van der Waals surface area contributed by atoms with Gasteiger partial charge in [-0.1, -0.05) is 44.2 Å². The van der Waals surface area contributed by atoms with Crippen molar-refractivity contribution in [3.8, 4) is 0 Å². The number of nitrogens with two attached hydrogens (primary N) is 1. The summed E-state index contributed by atoms with van der Waals surface area (Å²) in [7, 11) is -3.63. The number of hydrogen-bond acceptors (Lipinski definition) is 4. The molecular weight excluding hydrogens is 422 g/mol. The minimum absolute atomic E-state index is 0.155. The van der Waals surface area contributed by atoms with Crippen LogP contribution in [-0.2, 0) is 15.3 Å². The number of sulfone groups is 1. The second-order valence-corrected chi connectivity index (χ2v) is 10.9. The minimum atomic E-state index is -3.63. The van der Waals surface area contributed by atoms with Crippen LogP contribution in [0, 0.1) is 5.92 Å². The van der Waals surface area contributed by atoms with E-state index in [4.69, 9.17) is 5.73 Å². The van der Waals surface area contributed by atoms with Crippen LogP contribution in [-0.4, -0.2) is 37.3 Å². The number of carbonyl (C=O) groups is 1. The van der Waals surface area contributed by atoms with Gasteiger partial charge in [0.15, 0.2) is 15.2 Å². The maximum Gasteiger partial charge on any atom is 0.248 e. The highest BCUT2D eigenvalue weighted by molar-refractivity contribution is 7.91. The number of aromatic amines is 1. The zero-order valence-electron chi connectivity index (χ0n) is 18.4. The summed E-state index contributed by atoms with van der Waals surface area (Å²) in [5.41, 5.74) is 7.52. The SMILES string of the molecule is C[C@H]1CN(C(c2ccc[nH]2)S(=O)(=O)c2ccccc2)CC[C@@]1(C)c1cccc(C(N)=O)c1. The Morgan fingerprint density at radius 1 is 1.12 bits per heavy atom. The fraction of sp³-hybridized carbons (Fsp3) is 0.320. The van der Waals surface area contributed by atoms with E-state index in [9.17, 15) is 13.2 Å². The second-order valence-electron chi connectivity index (χ2n) is 8.84. The van der Waals surface area contributed by atoms with Gasteiger partial charge >= 0.3 is 0 Å². The van der Waals surface area contributed by atoms with Crippen LogP contribution in [0.4, 0.5) is 0 Å². The van der Waals surface area contributed by atoms with Crippen LogP contribution in [0.1, 0.15) is 47.3 Å². The normalized spacial score (nSPS) is 23.0. The molecule has 0 radical (unpaired) electrons. The number of primary amides is 1. The molecule has 3 N–H and O–H groups in total. The monoisotopic (exact) mass is 451 g/mol. The highest BCUT2D eigenvalue weighted by Gasteiger charge is 2.44. The Balaban J connectivity index is 1.67. The van der Waals surface area contributed by atoms with E-state index in [1.165, 1.54) is 0 Å². The molecule has 0 spiro atoms. The molecule has 1 aliphatic heterocycles. The number of hydrogen-bond donors (Lipinski definition) is 2. The first-order valence-electron chi connectivity index (χ1n) is 10.8. The first-order valence-corrected chi connectivity index (χ1v) is 12.3. The highest BCUT2D eigenvalue weighted by Crippen LogP contribution is 2.43. The molecule has 7 heteroatoms. The van der Waals surface area contributed by atoms with Crippen molar-refractivity contribution in [1.82, 2.24) is 9.88 Å². The molecule has 1 saturated heterocycles. The molecule has 2 heterocycles. The third-order valence-electron chi connectivity index (χ3n) is 6.91. The summed E-state index contributed by atoms with van der Waals surface area (Å²) in [6.45, 7) is 5.54. The van der Waals surface area contributed by atoms with Crippen molar-refractivity contribution >= 4 is 15.7 Å². The van der Waals surface area contributed by atoms with Crippen LogP contribution in [0.5, 0.6) is 0 Å². The molecule has 0 aliphatic carbocycles. The van der Waals surface area contributed by atoms with Gasteiger partial charge in [-0.15, -0.1) is 0 Å². The first-order chi connectivity index (χ1) is 15.2. The topological polar surface area (TPSA) is 96.3 Å². The van der Waals surface area contributed by atoms with E-state index in [-0.39, 0.29) is 11.3 Å². The lowest BCUT2D eigenvalue weighted by Gasteiger charge is -2.47. The van der Waals surface area contributed by atoms with Crippen molar-refractivity contribution in [2.45, 2.75) is 36.0 Å². The van der Waals surface area contributed by atoms with E-state index in [0.29, 0.717) is 29.2 Å². The Kier molecular flexibility index (Phi) is 5.97. The zero-order chi connectivity index (χ0) is 22.9. The summed E-state index contributed by atoms with van der Waals surface area (Å²) in [5, 5.41) is -0.788. The first kappa shape index (κ1) is 22.3. The molecule has 1 amide bonds. The molecule has 6 nitrogen and oxygen atoms in total. The van der Waals surface area contributed by atoms with Crippen LogP contribution >= 0.6 is 0 Å². The van der Waals surface area contributed by atoms with E-state index in [1.54, 1.807) is 36.5 Å². The summed E-state index contributed by atoms with van der Waals surface area (Å²) in [5.74, 6) is -0.288. The van der Waals surface area contributed by atoms with Crippen LogP contribution in [0.3, 0.4) is 0 Å². The number of amides is 1. The standard InChI is InChI=1S/C25H29N3O3S/c1-18-17-28(15-13-25(18,2)20-9-6-8-19(16-20)23(26)29)24(22-12-7-14-27-22)32(30,31)21-10-4-3-5-11-21/h3-12,14,16,18,24,27H,13,15,17H2,1-2H3,(H2,26,29)/t18-,24?,25+/m0/s1. The van der Waals surface area contributed by atoms with Gasteiger partial charge in [0.2, 0.25) is 5.91 Å². The van der Waals surface area contributed by atoms with E-state index in [1.807, 2.05) is 36.4 Å². The molecule has 0 bridgehead atoms. The average Bonchev–Trinajstić information content (AvgIpc) is 3.31. The molecule has 168 valence electrons. The van der Waals surface area contributed by atoms with E-state index < -0.39 is 21.1 Å². The van der Waals surface area contributed by atoms with Crippen LogP contribution < -0.4 is 5.73 Å². The predicted octanol–water partition coefficient (Wildman–Crippen LogP) is 3.89. The van der Waals surface area contributed by atoms with E-state index >= 15 is 0 Å². The number of nitrogens with zero attached hydrogens (tertiary/aromatic N) is 1. The molecule has 3 atom stereocenters. The fourth-order valence-corrected chi connectivity index (χ4v) is 6.59. The Bertz CT molecular complexity index is 1190. The number of piperidine rings is 1. The zero-order valence-corrected chi connectivity index (χ0v) is 19.2. The molecule has 32 heavy (non-hydrogen) atoms. The van der Waals surface area contributed by atoms with Gasteiger partial charge in [-0.3, -0.25) is 9.69 Å². The molecule has 4 rings (SSSR count). The Hall–Kier alpha value is -2.90. The van der Waals surface area contributed by atoms with Gasteiger partial charge in [0.25, 0.3) is 0 Å². The number of carbonyl (C=O) groups excluding carboxylic acids is 1. The molecule has 0 saturated carbocycles. The average molecular weight is 452 g/mol. The van der Waals surface area contributed by atoms with Gasteiger partial charge in [-0.05, 0) is 59.7 Å². The Morgan fingerprint density at radius 2 is 1.88 bits per heavy atom. The maximum atomic E-state index is 13.7. The van der Waals surface area contributed by atoms with Gasteiger partial charge in [-0.25, -0.2) is 8.42 Å². The highest BCUT2D eigenvalue weighted by atomic mass is 32.2. The molecule has 3 aromatic rings. The molecular formula is C25H29N3O3S. The van der Waals surface area contributed by atoms with Gasteiger partial charge in [0.1, 0.15) is 0 Å². The summed E-state index contributed by atoms with van der Waals surface area (Å²) in [6, 6.07) is 19.8. The van der Waals surface area contributed by atoms with Crippen LogP contribution in [0.25, 0.3) is 0 Å². The van der Waals surface area contributed by atoms with E-state index in [2.05, 4.69) is 23.7 Å². The molecule has 1 fully saturated rings. The van der Waals surface area contributed by atoms with Gasteiger partial charge < -0.3 is 10.7 Å². The smallest absolute Gasteiger partial charge is 0.248 e. The number of H-pyrrole nitrogens is 1. The second kappa shape index (κ2) is 8.56. The number of rotatable bonds is 6. The molecule has 1 aromatic heterocycles. The molecule has 1 unspecified atom stereocenters. The number of aromatic nitrogens is 1. The number of nitrogens with one attached hydrogen (secondary N) is 1. The van der Waals surface area contributed by atoms with Crippen LogP contribution in [0.2, 0.25) is 0 Å². The third-order valence-corrected chi connectivity index (χ3v) is 8.98. The number of likely N-dealkylation sites (tertiary alicyclic amines) is 1. The Morgan fingerprint density at radius 3 is 2.50 bits per heavy atom. The van der Waals surface area contributed by atoms with Crippen molar-refractivity contribution in [1.29, 1.82) is 0 Å². The summed E-state index contributed by atoms with van der Waals surface area (Å²) in [4.78, 5) is 17.2. The van der Waals surface area contributed by atoms with Gasteiger partial charge in [0.05, 0.1) is 4.90 Å². The fourth-order valence-electron chi connectivity index (χ4n) is 4.73. The van der Waals surface area contributed by atoms with Crippen molar-refractivity contribution in [3.63, 3.8) is 0 Å². The van der Waals surface area contributed by atoms with Crippen LogP contribution in [0.15, 0.2) is 77.8 Å². The summed E-state index contributed by atoms with van der Waals surface area (Å²) in [6.07, 6.45) is 2.52. The minimum Gasteiger partial charge on any atom is -0.366 e. The summed E-state index contributed by atoms with van der Waals surface area (Å²) >= 11 is 0. The van der Waals surface area contributed by atoms with Crippen molar-refractivity contribution < 1.29 is 13.2 Å². The number of benzene rings is 2. The quantitative estimate of drug-likeness (QED) is 0.594. The van der Waals surface area contributed by atoms with E-state index in [0.717, 1.165) is 12.0 Å². The van der Waals surface area contributed by atoms with Gasteiger partial charge in [-0.2, -0.15) is 0 Å². The molecule has 2 aromatic carbocycles. The lowest BCUT2D eigenvalue weighted by atomic mass is 9.68. The summed E-state index contributed by atoms with van der Waals surface area (Å²) < 4.78 is 27.3. The third kappa shape index (κ3) is 3.98. The maximum absolute atomic E-state index is 13.7. The van der Waals surface area contributed by atoms with Gasteiger partial charge in [0, 0.05) is 30.5 Å². The van der Waals surface area contributed by atoms with Crippen molar-refractivity contribution in [2.24, 2.45) is 11.7 Å². The van der Waals surface area contributed by atoms with Crippen molar-refractivity contribution in [2.75, 3.05) is 13.1 Å².